The number of ether oxygens (including phenoxy) is 1. The van der Waals surface area contributed by atoms with Crippen LogP contribution in [-0.4, -0.2) is 12.7 Å². The first kappa shape index (κ1) is 6.81. The molecule has 0 bridgehead atoms. The van der Waals surface area contributed by atoms with Gasteiger partial charge in [0.1, 0.15) is 0 Å². The van der Waals surface area contributed by atoms with E-state index in [4.69, 9.17) is 4.74 Å². The fourth-order valence-electron chi connectivity index (χ4n) is 1.15. The van der Waals surface area contributed by atoms with Crippen molar-refractivity contribution in [2.75, 3.05) is 6.61 Å². The van der Waals surface area contributed by atoms with Gasteiger partial charge in [0.2, 0.25) is 0 Å². The Bertz CT molecular complexity index is 116. The lowest BCUT2D eigenvalue weighted by Gasteiger charge is -2.12. The lowest BCUT2D eigenvalue weighted by molar-refractivity contribution is 0.128. The Labute approximate surface area is 56.7 Å². The molecule has 0 spiro atoms. The number of hydrogen-bond acceptors (Lipinski definition) is 1. The second-order valence-electron chi connectivity index (χ2n) is 3.45. The maximum absolute atomic E-state index is 5.40. The molecule has 1 heterocycles. The quantitative estimate of drug-likeness (QED) is 0.488. The summed E-state index contributed by atoms with van der Waals surface area (Å²) in [6, 6.07) is 0. The van der Waals surface area contributed by atoms with Gasteiger partial charge < -0.3 is 4.74 Å². The summed E-state index contributed by atoms with van der Waals surface area (Å²) in [4.78, 5) is 0. The molecule has 0 aliphatic carbocycles. The first-order valence-corrected chi connectivity index (χ1v) is 3.38. The van der Waals surface area contributed by atoms with Crippen LogP contribution in [0.2, 0.25) is 0 Å². The fraction of sp³-hybridized carbons (Fsp3) is 0.750. The van der Waals surface area contributed by atoms with Crippen LogP contribution in [0.5, 0.6) is 0 Å². The number of hydrogen-bond donors (Lipinski definition) is 0. The molecule has 0 amide bonds. The molecule has 0 aromatic carbocycles. The van der Waals surface area contributed by atoms with Gasteiger partial charge in [-0.15, -0.1) is 6.58 Å². The van der Waals surface area contributed by atoms with Crippen LogP contribution in [0.25, 0.3) is 0 Å². The minimum absolute atomic E-state index is 0.306. The van der Waals surface area contributed by atoms with Crippen LogP contribution >= 0.6 is 0 Å². The van der Waals surface area contributed by atoms with Gasteiger partial charge in [-0.05, 0) is 11.8 Å². The zero-order valence-electron chi connectivity index (χ0n) is 6.18. The van der Waals surface area contributed by atoms with Crippen LogP contribution in [-0.2, 0) is 4.74 Å². The van der Waals surface area contributed by atoms with E-state index in [9.17, 15) is 0 Å². The molecule has 1 saturated heterocycles. The van der Waals surface area contributed by atoms with Gasteiger partial charge in [-0.3, -0.25) is 0 Å². The predicted molar refractivity (Wildman–Crippen MR) is 38.3 cm³/mol. The van der Waals surface area contributed by atoms with Crippen molar-refractivity contribution in [3.05, 3.63) is 12.7 Å². The van der Waals surface area contributed by atoms with Crippen molar-refractivity contribution >= 4 is 0 Å². The maximum Gasteiger partial charge on any atom is 0.0759 e. The topological polar surface area (TPSA) is 9.23 Å². The van der Waals surface area contributed by atoms with E-state index in [0.29, 0.717) is 11.5 Å². The summed E-state index contributed by atoms with van der Waals surface area (Å²) in [6.45, 7) is 9.00. The third-order valence-electron chi connectivity index (χ3n) is 1.70. The van der Waals surface area contributed by atoms with Crippen molar-refractivity contribution in [1.29, 1.82) is 0 Å². The highest BCUT2D eigenvalue weighted by Gasteiger charge is 2.29. The van der Waals surface area contributed by atoms with Crippen LogP contribution in [0.4, 0.5) is 0 Å². The molecule has 1 atom stereocenters. The molecule has 0 radical (unpaired) electrons. The van der Waals surface area contributed by atoms with Crippen molar-refractivity contribution < 1.29 is 4.74 Å². The average molecular weight is 126 g/mol. The van der Waals surface area contributed by atoms with E-state index in [1.807, 2.05) is 6.08 Å². The highest BCUT2D eigenvalue weighted by Crippen LogP contribution is 2.31. The van der Waals surface area contributed by atoms with Gasteiger partial charge in [-0.2, -0.15) is 0 Å². The van der Waals surface area contributed by atoms with Crippen LogP contribution in [0.15, 0.2) is 12.7 Å². The molecule has 1 fully saturated rings. The summed E-state index contributed by atoms with van der Waals surface area (Å²) in [7, 11) is 0. The third-order valence-corrected chi connectivity index (χ3v) is 1.70. The molecule has 1 aliphatic rings. The molecule has 1 aliphatic heterocycles. The molecule has 1 nitrogen and oxygen atoms in total. The average Bonchev–Trinajstić information content (AvgIpc) is 2.10. The predicted octanol–water partition coefficient (Wildman–Crippen LogP) is 1.99. The van der Waals surface area contributed by atoms with Crippen LogP contribution in [0.3, 0.4) is 0 Å². The zero-order chi connectivity index (χ0) is 6.91. The third kappa shape index (κ3) is 1.55. The Kier molecular flexibility index (Phi) is 1.62. The van der Waals surface area contributed by atoms with E-state index < -0.39 is 0 Å². The Morgan fingerprint density at radius 3 is 2.56 bits per heavy atom. The molecule has 0 N–H and O–H groups in total. The summed E-state index contributed by atoms with van der Waals surface area (Å²) < 4.78 is 5.40. The first-order valence-electron chi connectivity index (χ1n) is 3.38. The van der Waals surface area contributed by atoms with Gasteiger partial charge in [-0.25, -0.2) is 0 Å². The van der Waals surface area contributed by atoms with Crippen molar-refractivity contribution in [3.8, 4) is 0 Å². The molecular formula is C8H14O. The van der Waals surface area contributed by atoms with Crippen molar-refractivity contribution in [2.45, 2.75) is 26.4 Å². The molecule has 1 heteroatoms. The standard InChI is InChI=1S/C8H14O/c1-4-7-5-8(2,3)6-9-7/h4,7H,1,5-6H2,2-3H3/t7-/m0/s1. The molecule has 9 heavy (non-hydrogen) atoms. The van der Waals surface area contributed by atoms with Crippen LogP contribution in [0.1, 0.15) is 20.3 Å². The summed E-state index contributed by atoms with van der Waals surface area (Å²) in [5, 5.41) is 0. The van der Waals surface area contributed by atoms with Crippen LogP contribution in [0, 0.1) is 5.41 Å². The molecule has 0 saturated carbocycles. The second kappa shape index (κ2) is 2.14. The molecular weight excluding hydrogens is 112 g/mol. The van der Waals surface area contributed by atoms with E-state index in [2.05, 4.69) is 20.4 Å². The summed E-state index contributed by atoms with van der Waals surface area (Å²) in [6.07, 6.45) is 3.31. The highest BCUT2D eigenvalue weighted by molar-refractivity contribution is 4.90. The second-order valence-corrected chi connectivity index (χ2v) is 3.45. The van der Waals surface area contributed by atoms with Gasteiger partial charge in [0.25, 0.3) is 0 Å². The molecule has 0 unspecified atom stereocenters. The van der Waals surface area contributed by atoms with Crippen molar-refractivity contribution in [3.63, 3.8) is 0 Å². The van der Waals surface area contributed by atoms with Crippen LogP contribution < -0.4 is 0 Å². The minimum atomic E-state index is 0.306. The summed E-state index contributed by atoms with van der Waals surface area (Å²) in [5.41, 5.74) is 0.374. The lowest BCUT2D eigenvalue weighted by Crippen LogP contribution is -2.09. The maximum atomic E-state index is 5.40. The minimum Gasteiger partial charge on any atom is -0.374 e. The largest absolute Gasteiger partial charge is 0.374 e. The number of rotatable bonds is 1. The monoisotopic (exact) mass is 126 g/mol. The molecule has 0 aromatic heterocycles. The van der Waals surface area contributed by atoms with Gasteiger partial charge in [0, 0.05) is 0 Å². The van der Waals surface area contributed by atoms with E-state index in [-0.39, 0.29) is 0 Å². The zero-order valence-corrected chi connectivity index (χ0v) is 6.18. The lowest BCUT2D eigenvalue weighted by atomic mass is 9.91. The van der Waals surface area contributed by atoms with Gasteiger partial charge in [-0.1, -0.05) is 19.9 Å². The van der Waals surface area contributed by atoms with E-state index in [0.717, 1.165) is 13.0 Å². The Morgan fingerprint density at radius 1 is 1.67 bits per heavy atom. The van der Waals surface area contributed by atoms with Gasteiger partial charge in [0.05, 0.1) is 12.7 Å². The SMILES string of the molecule is C=C[C@H]1CC(C)(C)CO1. The molecule has 1 rings (SSSR count). The fourth-order valence-corrected chi connectivity index (χ4v) is 1.15. The van der Waals surface area contributed by atoms with Crippen molar-refractivity contribution in [1.82, 2.24) is 0 Å². The highest BCUT2D eigenvalue weighted by atomic mass is 16.5. The van der Waals surface area contributed by atoms with E-state index in [1.165, 1.54) is 0 Å². The summed E-state index contributed by atoms with van der Waals surface area (Å²) in [5.74, 6) is 0. The Morgan fingerprint density at radius 2 is 2.33 bits per heavy atom. The molecule has 52 valence electrons. The Hall–Kier alpha value is -0.300. The molecule has 0 aromatic rings. The summed E-state index contributed by atoms with van der Waals surface area (Å²) >= 11 is 0. The van der Waals surface area contributed by atoms with E-state index >= 15 is 0 Å². The first-order chi connectivity index (χ1) is 4.14. The van der Waals surface area contributed by atoms with Gasteiger partial charge in [0.15, 0.2) is 0 Å². The Balaban J connectivity index is 2.47. The van der Waals surface area contributed by atoms with Crippen molar-refractivity contribution in [2.24, 2.45) is 5.41 Å². The smallest absolute Gasteiger partial charge is 0.0759 e. The normalized spacial score (nSPS) is 32.4. The van der Waals surface area contributed by atoms with Gasteiger partial charge >= 0.3 is 0 Å². The van der Waals surface area contributed by atoms with E-state index in [1.54, 1.807) is 0 Å².